The number of carbonyl (C=O) groups excluding carboxylic acids is 2. The van der Waals surface area contributed by atoms with Gasteiger partial charge in [0.05, 0.1) is 24.9 Å². The molecule has 0 spiro atoms. The zero-order valence-corrected chi connectivity index (χ0v) is 21.7. The third-order valence-corrected chi connectivity index (χ3v) is 5.97. The molecule has 3 N–H and O–H groups in total. The first kappa shape index (κ1) is 26.5. The first-order chi connectivity index (χ1) is 17.7. The normalized spacial score (nSPS) is 16.7. The molecule has 2 bridgehead atoms. The van der Waals surface area contributed by atoms with Crippen molar-refractivity contribution in [3.8, 4) is 5.88 Å². The summed E-state index contributed by atoms with van der Waals surface area (Å²) in [6.45, 7) is 9.42. The zero-order chi connectivity index (χ0) is 26.6. The maximum atomic E-state index is 13.5. The van der Waals surface area contributed by atoms with Gasteiger partial charge in [0.2, 0.25) is 11.7 Å². The smallest absolute Gasteiger partial charge is 0.329 e. The molecule has 1 unspecified atom stereocenters. The minimum Gasteiger partial charge on any atom is -0.477 e. The third kappa shape index (κ3) is 6.41. The van der Waals surface area contributed by atoms with Gasteiger partial charge in [-0.05, 0) is 46.6 Å². The molecule has 4 heterocycles. The van der Waals surface area contributed by atoms with Crippen molar-refractivity contribution in [1.82, 2.24) is 25.5 Å². The fourth-order valence-corrected chi connectivity index (χ4v) is 4.43. The summed E-state index contributed by atoms with van der Waals surface area (Å²) in [7, 11) is 0. The lowest BCUT2D eigenvalue weighted by atomic mass is 9.99. The van der Waals surface area contributed by atoms with Gasteiger partial charge < -0.3 is 24.8 Å². The summed E-state index contributed by atoms with van der Waals surface area (Å²) in [5, 5.41) is 23.2. The Morgan fingerprint density at radius 1 is 1.22 bits per heavy atom. The molecule has 4 rings (SSSR count). The van der Waals surface area contributed by atoms with Gasteiger partial charge in [0, 0.05) is 32.1 Å². The number of aromatic nitrogens is 4. The quantitative estimate of drug-likeness (QED) is 0.333. The summed E-state index contributed by atoms with van der Waals surface area (Å²) in [6.07, 6.45) is 2.31. The Kier molecular flexibility index (Phi) is 8.03. The molecule has 1 saturated heterocycles. The largest absolute Gasteiger partial charge is 0.477 e. The van der Waals surface area contributed by atoms with E-state index in [9.17, 15) is 14.7 Å². The fourth-order valence-electron chi connectivity index (χ4n) is 4.43. The second kappa shape index (κ2) is 11.2. The van der Waals surface area contributed by atoms with Crippen LogP contribution in [0, 0.1) is 6.92 Å². The van der Waals surface area contributed by atoms with Crippen molar-refractivity contribution in [3.05, 3.63) is 23.7 Å². The highest BCUT2D eigenvalue weighted by Crippen LogP contribution is 2.39. The molecule has 200 valence electrons. The molecule has 2 aromatic heterocycles. The number of fused-ring (bicyclic) bond motifs is 4. The summed E-state index contributed by atoms with van der Waals surface area (Å²) in [4.78, 5) is 38.6. The summed E-state index contributed by atoms with van der Waals surface area (Å²) < 4.78 is 10.8. The number of nitrogens with zero attached hydrogens (tertiary/aromatic N) is 6. The zero-order valence-electron chi connectivity index (χ0n) is 21.7. The molecule has 2 aliphatic rings. The SMILES string of the molecule is CCNC(=O)c1nc(C)c2c(n1)N(C(=O)Nc1ccc(OCCCOC(C)(C)O)nn1)C1CCCN2C1. The van der Waals surface area contributed by atoms with Crippen LogP contribution in [-0.2, 0) is 4.74 Å². The first-order valence-electron chi connectivity index (χ1n) is 12.5. The number of hydrogen-bond acceptors (Lipinski definition) is 10. The molecule has 3 amide bonds. The number of amides is 3. The molecular weight excluding hydrogens is 480 g/mol. The van der Waals surface area contributed by atoms with E-state index in [1.807, 2.05) is 13.8 Å². The number of aliphatic hydroxyl groups is 1. The predicted molar refractivity (Wildman–Crippen MR) is 136 cm³/mol. The van der Waals surface area contributed by atoms with E-state index in [-0.39, 0.29) is 23.6 Å². The number of aryl methyl sites for hydroxylation is 1. The molecule has 13 nitrogen and oxygen atoms in total. The Morgan fingerprint density at radius 2 is 2.03 bits per heavy atom. The third-order valence-electron chi connectivity index (χ3n) is 5.97. The molecule has 0 saturated carbocycles. The van der Waals surface area contributed by atoms with Crippen molar-refractivity contribution in [3.63, 3.8) is 0 Å². The molecule has 2 aromatic rings. The van der Waals surface area contributed by atoms with Crippen LogP contribution in [-0.4, -0.2) is 81.9 Å². The molecule has 2 aliphatic heterocycles. The highest BCUT2D eigenvalue weighted by Gasteiger charge is 2.40. The lowest BCUT2D eigenvalue weighted by molar-refractivity contribution is -0.176. The number of hydrogen-bond donors (Lipinski definition) is 3. The number of anilines is 3. The summed E-state index contributed by atoms with van der Waals surface area (Å²) in [5.74, 6) is -0.541. The van der Waals surface area contributed by atoms with Crippen LogP contribution in [0.15, 0.2) is 12.1 Å². The predicted octanol–water partition coefficient (Wildman–Crippen LogP) is 1.86. The van der Waals surface area contributed by atoms with Crippen molar-refractivity contribution in [1.29, 1.82) is 0 Å². The first-order valence-corrected chi connectivity index (χ1v) is 12.5. The topological polar surface area (TPSA) is 155 Å². The minimum absolute atomic E-state index is 0.0336. The van der Waals surface area contributed by atoms with Crippen molar-refractivity contribution in [2.45, 2.75) is 58.8 Å². The Bertz CT molecular complexity index is 1120. The number of urea groups is 1. The van der Waals surface area contributed by atoms with Crippen molar-refractivity contribution in [2.75, 3.05) is 48.0 Å². The molecule has 1 fully saturated rings. The number of piperidine rings is 1. The number of rotatable bonds is 9. The van der Waals surface area contributed by atoms with Crippen molar-refractivity contribution < 1.29 is 24.2 Å². The summed E-state index contributed by atoms with van der Waals surface area (Å²) in [5.41, 5.74) is 1.42. The Hall–Kier alpha value is -3.58. The van der Waals surface area contributed by atoms with Crippen LogP contribution >= 0.6 is 0 Å². The average molecular weight is 515 g/mol. The number of carbonyl (C=O) groups is 2. The van der Waals surface area contributed by atoms with Gasteiger partial charge in [-0.15, -0.1) is 10.2 Å². The highest BCUT2D eigenvalue weighted by molar-refractivity contribution is 6.04. The minimum atomic E-state index is -1.18. The molecule has 1 atom stereocenters. The Morgan fingerprint density at radius 3 is 2.73 bits per heavy atom. The van der Waals surface area contributed by atoms with Crippen LogP contribution < -0.4 is 25.2 Å². The molecule has 37 heavy (non-hydrogen) atoms. The van der Waals surface area contributed by atoms with Gasteiger partial charge in [-0.3, -0.25) is 15.0 Å². The lowest BCUT2D eigenvalue weighted by Gasteiger charge is -2.46. The van der Waals surface area contributed by atoms with E-state index in [2.05, 4.69) is 35.7 Å². The second-order valence-corrected chi connectivity index (χ2v) is 9.46. The fraction of sp³-hybridized carbons (Fsp3) is 0.583. The highest BCUT2D eigenvalue weighted by atomic mass is 16.6. The number of nitrogens with one attached hydrogen (secondary N) is 2. The van der Waals surface area contributed by atoms with E-state index in [4.69, 9.17) is 9.47 Å². The molecular formula is C24H34N8O5. The number of ether oxygens (including phenoxy) is 2. The molecule has 0 radical (unpaired) electrons. The molecule has 0 aromatic carbocycles. The monoisotopic (exact) mass is 514 g/mol. The van der Waals surface area contributed by atoms with E-state index in [1.165, 1.54) is 0 Å². The van der Waals surface area contributed by atoms with Gasteiger partial charge in [0.25, 0.3) is 5.91 Å². The molecule has 0 aliphatic carbocycles. The van der Waals surface area contributed by atoms with Crippen LogP contribution in [0.1, 0.15) is 56.3 Å². The van der Waals surface area contributed by atoms with Crippen LogP contribution in [0.2, 0.25) is 0 Å². The van der Waals surface area contributed by atoms with Gasteiger partial charge in [0.15, 0.2) is 17.4 Å². The molecule has 13 heteroatoms. The van der Waals surface area contributed by atoms with E-state index < -0.39 is 11.8 Å². The van der Waals surface area contributed by atoms with Gasteiger partial charge in [-0.2, -0.15) is 0 Å². The van der Waals surface area contributed by atoms with Crippen LogP contribution in [0.25, 0.3) is 0 Å². The van der Waals surface area contributed by atoms with E-state index >= 15 is 0 Å². The second-order valence-electron chi connectivity index (χ2n) is 9.46. The van der Waals surface area contributed by atoms with Crippen LogP contribution in [0.4, 0.5) is 22.1 Å². The standard InChI is InChI=1S/C24H34N8O5/c1-5-25-22(33)20-26-15(2)19-21(28-20)32(16-8-6-11-31(19)14-16)23(34)27-17-9-10-18(30-29-17)36-12-7-13-37-24(3,4)35/h9-10,16,35H,5-8,11-14H2,1-4H3,(H,25,33)(H,27,29,34). The van der Waals surface area contributed by atoms with Crippen LogP contribution in [0.5, 0.6) is 5.88 Å². The van der Waals surface area contributed by atoms with Gasteiger partial charge in [0.1, 0.15) is 5.69 Å². The van der Waals surface area contributed by atoms with Crippen molar-refractivity contribution in [2.24, 2.45) is 0 Å². The van der Waals surface area contributed by atoms with Gasteiger partial charge >= 0.3 is 6.03 Å². The Balaban J connectivity index is 1.46. The van der Waals surface area contributed by atoms with Crippen LogP contribution in [0.3, 0.4) is 0 Å². The van der Waals surface area contributed by atoms with E-state index in [1.54, 1.807) is 30.9 Å². The average Bonchev–Trinajstić information content (AvgIpc) is 2.84. The Labute approximate surface area is 215 Å². The van der Waals surface area contributed by atoms with Gasteiger partial charge in [-0.1, -0.05) is 0 Å². The van der Waals surface area contributed by atoms with Gasteiger partial charge in [-0.25, -0.2) is 14.8 Å². The lowest BCUT2D eigenvalue weighted by Crippen LogP contribution is -2.56. The van der Waals surface area contributed by atoms with E-state index in [0.717, 1.165) is 25.1 Å². The summed E-state index contributed by atoms with van der Waals surface area (Å²) >= 11 is 0. The maximum Gasteiger partial charge on any atom is 0.329 e. The summed E-state index contributed by atoms with van der Waals surface area (Å²) in [6, 6.07) is 2.72. The van der Waals surface area contributed by atoms with Crippen molar-refractivity contribution >= 4 is 29.3 Å². The van der Waals surface area contributed by atoms with E-state index in [0.29, 0.717) is 50.1 Å². The maximum absolute atomic E-state index is 13.5.